The fourth-order valence-electron chi connectivity index (χ4n) is 1.59. The number of nitrogens with one attached hydrogen (secondary N) is 1. The van der Waals surface area contributed by atoms with Crippen molar-refractivity contribution in [3.63, 3.8) is 0 Å². The van der Waals surface area contributed by atoms with Crippen molar-refractivity contribution in [1.29, 1.82) is 0 Å². The Morgan fingerprint density at radius 2 is 1.81 bits per heavy atom. The molecule has 0 amide bonds. The van der Waals surface area contributed by atoms with Gasteiger partial charge in [0.25, 0.3) is 0 Å². The molecule has 0 radical (unpaired) electrons. The lowest BCUT2D eigenvalue weighted by Gasteiger charge is -2.06. The maximum Gasteiger partial charge on any atom is 0.120 e. The van der Waals surface area contributed by atoms with Gasteiger partial charge in [-0.2, -0.15) is 5.10 Å². The number of H-pyrrole nitrogens is 1. The first-order chi connectivity index (χ1) is 7.66. The van der Waals surface area contributed by atoms with Crippen LogP contribution < -0.4 is 0 Å². The van der Waals surface area contributed by atoms with E-state index in [1.165, 1.54) is 5.56 Å². The van der Waals surface area contributed by atoms with Crippen molar-refractivity contribution in [3.05, 3.63) is 46.7 Å². The Morgan fingerprint density at radius 3 is 2.38 bits per heavy atom. The van der Waals surface area contributed by atoms with E-state index in [0.29, 0.717) is 10.6 Å². The summed E-state index contributed by atoms with van der Waals surface area (Å²) in [5.41, 5.74) is 3.55. The highest BCUT2D eigenvalue weighted by atomic mass is 32.1. The lowest BCUT2D eigenvalue weighted by Crippen LogP contribution is -1.88. The fraction of sp³-hybridized carbons (Fsp3) is 0.231. The van der Waals surface area contributed by atoms with Crippen LogP contribution in [-0.2, 0) is 0 Å². The highest BCUT2D eigenvalue weighted by Gasteiger charge is 2.01. The summed E-state index contributed by atoms with van der Waals surface area (Å²) in [6, 6.07) is 10.5. The maximum atomic E-state index is 5.05. The van der Waals surface area contributed by atoms with Crippen molar-refractivity contribution in [2.24, 2.45) is 0 Å². The van der Waals surface area contributed by atoms with Crippen LogP contribution in [0.1, 0.15) is 25.3 Å². The van der Waals surface area contributed by atoms with Crippen molar-refractivity contribution < 1.29 is 0 Å². The van der Waals surface area contributed by atoms with E-state index in [1.807, 2.05) is 6.07 Å². The van der Waals surface area contributed by atoms with Gasteiger partial charge in [0.05, 0.1) is 6.20 Å². The zero-order chi connectivity index (χ0) is 11.5. The number of nitrogens with zero attached hydrogens (tertiary/aromatic N) is 1. The smallest absolute Gasteiger partial charge is 0.120 e. The number of aromatic nitrogens is 2. The molecule has 2 nitrogen and oxygen atoms in total. The van der Waals surface area contributed by atoms with Gasteiger partial charge < -0.3 is 0 Å². The van der Waals surface area contributed by atoms with Gasteiger partial charge >= 0.3 is 0 Å². The molecule has 3 heteroatoms. The third kappa shape index (κ3) is 2.36. The maximum absolute atomic E-state index is 5.05. The zero-order valence-electron chi connectivity index (χ0n) is 9.40. The Bertz CT molecular complexity index is 526. The molecular formula is C13H14N2S. The topological polar surface area (TPSA) is 28.7 Å². The lowest BCUT2D eigenvalue weighted by atomic mass is 10.00. The second-order valence-electron chi connectivity index (χ2n) is 4.11. The predicted molar refractivity (Wildman–Crippen MR) is 68.9 cm³/mol. The number of aromatic amines is 1. The van der Waals surface area contributed by atoms with Crippen LogP contribution in [0.5, 0.6) is 0 Å². The molecule has 0 aliphatic carbocycles. The minimum Gasteiger partial charge on any atom is -0.268 e. The molecule has 0 atom stereocenters. The Morgan fingerprint density at radius 1 is 1.12 bits per heavy atom. The van der Waals surface area contributed by atoms with Crippen LogP contribution in [0.2, 0.25) is 0 Å². The normalized spacial score (nSPS) is 10.7. The second-order valence-corrected chi connectivity index (χ2v) is 4.55. The number of benzene rings is 1. The fourth-order valence-corrected chi connectivity index (χ4v) is 1.77. The monoisotopic (exact) mass is 230 g/mol. The van der Waals surface area contributed by atoms with Crippen LogP contribution in [0.4, 0.5) is 0 Å². The van der Waals surface area contributed by atoms with Crippen molar-refractivity contribution in [2.45, 2.75) is 19.8 Å². The van der Waals surface area contributed by atoms with Gasteiger partial charge in [-0.15, -0.1) is 0 Å². The zero-order valence-corrected chi connectivity index (χ0v) is 10.2. The van der Waals surface area contributed by atoms with Gasteiger partial charge in [0, 0.05) is 5.56 Å². The van der Waals surface area contributed by atoms with Gasteiger partial charge in [-0.05, 0) is 23.1 Å². The molecule has 0 fully saturated rings. The molecule has 1 aromatic carbocycles. The molecule has 0 bridgehead atoms. The van der Waals surface area contributed by atoms with Gasteiger partial charge in [-0.1, -0.05) is 50.3 Å². The van der Waals surface area contributed by atoms with Crippen molar-refractivity contribution in [3.8, 4) is 11.1 Å². The summed E-state index contributed by atoms with van der Waals surface area (Å²) in [7, 11) is 0. The van der Waals surface area contributed by atoms with E-state index < -0.39 is 0 Å². The van der Waals surface area contributed by atoms with Crippen molar-refractivity contribution in [2.75, 3.05) is 0 Å². The van der Waals surface area contributed by atoms with Crippen LogP contribution in [0.3, 0.4) is 0 Å². The Hall–Kier alpha value is -1.48. The molecular weight excluding hydrogens is 216 g/mol. The summed E-state index contributed by atoms with van der Waals surface area (Å²) < 4.78 is 0.658. The van der Waals surface area contributed by atoms with Gasteiger partial charge in [-0.3, -0.25) is 5.10 Å². The molecule has 1 aromatic heterocycles. The standard InChI is InChI=1S/C13H14N2S/c1-9(2)10-3-5-11(6-4-10)12-7-13(16)15-14-8-12/h3-9H,1-2H3,(H,15,16). The summed E-state index contributed by atoms with van der Waals surface area (Å²) in [6.07, 6.45) is 1.79. The first-order valence-electron chi connectivity index (χ1n) is 5.32. The SMILES string of the molecule is CC(C)c1ccc(-c2cn[nH]c(=S)c2)cc1. The van der Waals surface area contributed by atoms with E-state index in [0.717, 1.165) is 11.1 Å². The van der Waals surface area contributed by atoms with Crippen LogP contribution >= 0.6 is 12.2 Å². The van der Waals surface area contributed by atoms with E-state index in [-0.39, 0.29) is 0 Å². The number of hydrogen-bond donors (Lipinski definition) is 1. The summed E-state index contributed by atoms with van der Waals surface area (Å²) in [5.74, 6) is 0.561. The summed E-state index contributed by atoms with van der Waals surface area (Å²) >= 11 is 5.05. The Balaban J connectivity index is 2.38. The lowest BCUT2D eigenvalue weighted by molar-refractivity contribution is 0.867. The number of hydrogen-bond acceptors (Lipinski definition) is 2. The summed E-state index contributed by atoms with van der Waals surface area (Å²) in [6.45, 7) is 4.38. The van der Waals surface area contributed by atoms with E-state index >= 15 is 0 Å². The van der Waals surface area contributed by atoms with Crippen LogP contribution in [-0.4, -0.2) is 10.2 Å². The largest absolute Gasteiger partial charge is 0.268 e. The molecule has 0 aliphatic heterocycles. The Kier molecular flexibility index (Phi) is 3.15. The molecule has 1 N–H and O–H groups in total. The van der Waals surface area contributed by atoms with E-state index in [9.17, 15) is 0 Å². The molecule has 1 heterocycles. The van der Waals surface area contributed by atoms with Crippen LogP contribution in [0.15, 0.2) is 36.5 Å². The average molecular weight is 230 g/mol. The first kappa shape index (κ1) is 11.0. The highest BCUT2D eigenvalue weighted by molar-refractivity contribution is 7.71. The van der Waals surface area contributed by atoms with Gasteiger partial charge in [0.1, 0.15) is 4.64 Å². The summed E-state index contributed by atoms with van der Waals surface area (Å²) in [5, 5.41) is 6.72. The molecule has 82 valence electrons. The molecule has 0 saturated carbocycles. The minimum absolute atomic E-state index is 0.561. The molecule has 0 saturated heterocycles. The Labute approximate surface area is 100 Å². The number of rotatable bonds is 2. The van der Waals surface area contributed by atoms with Gasteiger partial charge in [0.15, 0.2) is 0 Å². The van der Waals surface area contributed by atoms with Crippen LogP contribution in [0.25, 0.3) is 11.1 Å². The van der Waals surface area contributed by atoms with Crippen molar-refractivity contribution in [1.82, 2.24) is 10.2 Å². The van der Waals surface area contributed by atoms with Crippen molar-refractivity contribution >= 4 is 12.2 Å². The molecule has 2 aromatic rings. The van der Waals surface area contributed by atoms with Gasteiger partial charge in [-0.25, -0.2) is 0 Å². The molecule has 0 unspecified atom stereocenters. The van der Waals surface area contributed by atoms with E-state index in [1.54, 1.807) is 6.20 Å². The molecule has 0 spiro atoms. The highest BCUT2D eigenvalue weighted by Crippen LogP contribution is 2.21. The van der Waals surface area contributed by atoms with E-state index in [4.69, 9.17) is 12.2 Å². The molecule has 16 heavy (non-hydrogen) atoms. The minimum atomic E-state index is 0.561. The first-order valence-corrected chi connectivity index (χ1v) is 5.72. The third-order valence-electron chi connectivity index (χ3n) is 2.58. The second kappa shape index (κ2) is 4.58. The molecule has 0 aliphatic rings. The quantitative estimate of drug-likeness (QED) is 0.792. The summed E-state index contributed by atoms with van der Waals surface area (Å²) in [4.78, 5) is 0. The third-order valence-corrected chi connectivity index (χ3v) is 2.78. The molecule has 2 rings (SSSR count). The average Bonchev–Trinajstić information content (AvgIpc) is 2.29. The predicted octanol–water partition coefficient (Wildman–Crippen LogP) is 3.93. The van der Waals surface area contributed by atoms with Crippen LogP contribution in [0, 0.1) is 4.64 Å². The van der Waals surface area contributed by atoms with Gasteiger partial charge in [0.2, 0.25) is 0 Å². The van der Waals surface area contributed by atoms with E-state index in [2.05, 4.69) is 48.3 Å².